The van der Waals surface area contributed by atoms with Gasteiger partial charge in [-0.25, -0.2) is 5.43 Å². The molecule has 108 valence electrons. The fourth-order valence-corrected chi connectivity index (χ4v) is 1.52. The van der Waals surface area contributed by atoms with Crippen LogP contribution < -0.4 is 5.43 Å². The molecule has 20 heavy (non-hydrogen) atoms. The molecule has 0 saturated carbocycles. The van der Waals surface area contributed by atoms with Gasteiger partial charge in [0.15, 0.2) is 5.69 Å². The summed E-state index contributed by atoms with van der Waals surface area (Å²) in [5.74, 6) is -0.318. The van der Waals surface area contributed by atoms with E-state index in [9.17, 15) is 4.79 Å². The molecule has 0 fully saturated rings. The Hall–Kier alpha value is -2.17. The van der Waals surface area contributed by atoms with Crippen molar-refractivity contribution in [3.8, 4) is 0 Å². The molecular weight excluding hydrogens is 252 g/mol. The number of nitrogens with one attached hydrogen (secondary N) is 2. The highest BCUT2D eigenvalue weighted by Gasteiger charge is 2.06. The van der Waals surface area contributed by atoms with E-state index in [1.165, 1.54) is 11.1 Å². The molecule has 0 spiro atoms. The first kappa shape index (κ1) is 15.9. The maximum absolute atomic E-state index is 11.6. The van der Waals surface area contributed by atoms with Crippen molar-refractivity contribution in [2.45, 2.75) is 40.5 Å². The molecule has 1 amide bonds. The lowest BCUT2D eigenvalue weighted by Crippen LogP contribution is -2.17. The van der Waals surface area contributed by atoms with E-state index in [1.54, 1.807) is 12.3 Å². The summed E-state index contributed by atoms with van der Waals surface area (Å²) in [7, 11) is 0. The first-order valence-corrected chi connectivity index (χ1v) is 6.63. The van der Waals surface area contributed by atoms with Crippen molar-refractivity contribution in [1.29, 1.82) is 0 Å². The minimum Gasteiger partial charge on any atom is -0.282 e. The summed E-state index contributed by atoms with van der Waals surface area (Å²) in [5.41, 5.74) is 6.16. The Balaban J connectivity index is 2.37. The predicted octanol–water partition coefficient (Wildman–Crippen LogP) is 3.13. The van der Waals surface area contributed by atoms with E-state index in [1.807, 2.05) is 19.9 Å². The van der Waals surface area contributed by atoms with Crippen molar-refractivity contribution in [3.05, 3.63) is 40.8 Å². The molecule has 0 aliphatic carbocycles. The molecule has 0 aliphatic rings. The summed E-state index contributed by atoms with van der Waals surface area (Å²) in [5, 5.41) is 10.4. The minimum absolute atomic E-state index is 0.318. The van der Waals surface area contributed by atoms with E-state index in [0.717, 1.165) is 18.5 Å². The highest BCUT2D eigenvalue weighted by molar-refractivity contribution is 5.92. The standard InChI is InChI=1S/C15H22N4O/c1-11(2)6-5-7-12(3)8-9-16-19-15(20)14-10-13(4)17-18-14/h6,8-10H,5,7H2,1-4H3,(H,17,18)(H,19,20). The monoisotopic (exact) mass is 274 g/mol. The van der Waals surface area contributed by atoms with Crippen molar-refractivity contribution >= 4 is 12.1 Å². The van der Waals surface area contributed by atoms with Crippen molar-refractivity contribution in [1.82, 2.24) is 15.6 Å². The summed E-state index contributed by atoms with van der Waals surface area (Å²) < 4.78 is 0. The number of rotatable bonds is 6. The molecule has 5 heteroatoms. The topological polar surface area (TPSA) is 70.1 Å². The summed E-state index contributed by atoms with van der Waals surface area (Å²) >= 11 is 0. The van der Waals surface area contributed by atoms with Gasteiger partial charge < -0.3 is 0 Å². The van der Waals surface area contributed by atoms with Gasteiger partial charge in [0, 0.05) is 11.9 Å². The van der Waals surface area contributed by atoms with E-state index in [0.29, 0.717) is 5.69 Å². The molecule has 1 aromatic heterocycles. The van der Waals surface area contributed by atoms with Crippen LogP contribution in [0.25, 0.3) is 0 Å². The highest BCUT2D eigenvalue weighted by atomic mass is 16.2. The zero-order valence-corrected chi connectivity index (χ0v) is 12.5. The number of aryl methyl sites for hydroxylation is 1. The molecule has 1 heterocycles. The van der Waals surface area contributed by atoms with E-state index in [2.05, 4.69) is 40.6 Å². The first-order valence-electron chi connectivity index (χ1n) is 6.63. The summed E-state index contributed by atoms with van der Waals surface area (Å²) in [6.45, 7) is 8.06. The summed E-state index contributed by atoms with van der Waals surface area (Å²) in [4.78, 5) is 11.6. The van der Waals surface area contributed by atoms with Gasteiger partial charge in [-0.15, -0.1) is 0 Å². The number of H-pyrrole nitrogens is 1. The second kappa shape index (κ2) is 8.09. The normalized spacial score (nSPS) is 11.7. The average molecular weight is 274 g/mol. The third kappa shape index (κ3) is 6.13. The largest absolute Gasteiger partial charge is 0.291 e. The number of carbonyl (C=O) groups excluding carboxylic acids is 1. The van der Waals surface area contributed by atoms with Crippen LogP contribution in [0.2, 0.25) is 0 Å². The van der Waals surface area contributed by atoms with Gasteiger partial charge in [-0.3, -0.25) is 9.89 Å². The maximum atomic E-state index is 11.6. The molecule has 0 unspecified atom stereocenters. The SMILES string of the molecule is CC(C)=CCCC(C)=CC=NNC(=O)c1cc(C)[nH]n1. The average Bonchev–Trinajstić information content (AvgIpc) is 2.80. The van der Waals surface area contributed by atoms with Crippen LogP contribution in [0, 0.1) is 6.92 Å². The Labute approximate surface area is 119 Å². The van der Waals surface area contributed by atoms with Gasteiger partial charge in [-0.05, 0) is 52.7 Å². The van der Waals surface area contributed by atoms with Crippen LogP contribution in [-0.4, -0.2) is 22.3 Å². The number of aromatic nitrogens is 2. The first-order chi connectivity index (χ1) is 9.49. The number of hydrazone groups is 1. The summed E-state index contributed by atoms with van der Waals surface area (Å²) in [6, 6.07) is 1.67. The van der Waals surface area contributed by atoms with Gasteiger partial charge in [0.25, 0.3) is 5.91 Å². The molecule has 0 radical (unpaired) electrons. The molecule has 2 N–H and O–H groups in total. The third-order valence-corrected chi connectivity index (χ3v) is 2.63. The van der Waals surface area contributed by atoms with Gasteiger partial charge in [-0.2, -0.15) is 10.2 Å². The second-order valence-corrected chi connectivity index (χ2v) is 4.99. The molecule has 0 aliphatic heterocycles. The van der Waals surface area contributed by atoms with Crippen LogP contribution in [-0.2, 0) is 0 Å². The van der Waals surface area contributed by atoms with Crippen molar-refractivity contribution < 1.29 is 4.79 Å². The summed E-state index contributed by atoms with van der Waals surface area (Å²) in [6.07, 6.45) is 7.71. The molecular formula is C15H22N4O. The Bertz CT molecular complexity index is 534. The lowest BCUT2D eigenvalue weighted by Gasteiger charge is -1.97. The fourth-order valence-electron chi connectivity index (χ4n) is 1.52. The third-order valence-electron chi connectivity index (χ3n) is 2.63. The quantitative estimate of drug-likeness (QED) is 0.475. The lowest BCUT2D eigenvalue weighted by molar-refractivity contribution is 0.0950. The fraction of sp³-hybridized carbons (Fsp3) is 0.400. The number of carbonyl (C=O) groups is 1. The Morgan fingerprint density at radius 1 is 1.45 bits per heavy atom. The zero-order valence-electron chi connectivity index (χ0n) is 12.5. The van der Waals surface area contributed by atoms with Crippen LogP contribution >= 0.6 is 0 Å². The maximum Gasteiger partial charge on any atom is 0.291 e. The van der Waals surface area contributed by atoms with Crippen LogP contribution in [0.3, 0.4) is 0 Å². The Kier molecular flexibility index (Phi) is 6.43. The molecule has 0 bridgehead atoms. The predicted molar refractivity (Wildman–Crippen MR) is 81.7 cm³/mol. The molecule has 0 aromatic carbocycles. The number of nitrogens with zero attached hydrogens (tertiary/aromatic N) is 2. The smallest absolute Gasteiger partial charge is 0.282 e. The minimum atomic E-state index is -0.318. The number of aromatic amines is 1. The van der Waals surface area contributed by atoms with Gasteiger partial charge in [0.2, 0.25) is 0 Å². The molecule has 5 nitrogen and oxygen atoms in total. The van der Waals surface area contributed by atoms with E-state index >= 15 is 0 Å². The number of hydrogen-bond acceptors (Lipinski definition) is 3. The number of amides is 1. The van der Waals surface area contributed by atoms with Crippen molar-refractivity contribution in [2.75, 3.05) is 0 Å². The van der Waals surface area contributed by atoms with E-state index in [4.69, 9.17) is 0 Å². The highest BCUT2D eigenvalue weighted by Crippen LogP contribution is 2.05. The number of hydrogen-bond donors (Lipinski definition) is 2. The van der Waals surface area contributed by atoms with E-state index < -0.39 is 0 Å². The molecule has 0 saturated heterocycles. The lowest BCUT2D eigenvalue weighted by atomic mass is 10.1. The van der Waals surface area contributed by atoms with Crippen molar-refractivity contribution in [3.63, 3.8) is 0 Å². The molecule has 1 rings (SSSR count). The molecule has 1 aromatic rings. The van der Waals surface area contributed by atoms with Crippen LogP contribution in [0.4, 0.5) is 0 Å². The van der Waals surface area contributed by atoms with Gasteiger partial charge in [-0.1, -0.05) is 17.2 Å². The van der Waals surface area contributed by atoms with Gasteiger partial charge in [0.1, 0.15) is 0 Å². The molecule has 0 atom stereocenters. The van der Waals surface area contributed by atoms with Crippen LogP contribution in [0.15, 0.2) is 34.5 Å². The van der Waals surface area contributed by atoms with Gasteiger partial charge >= 0.3 is 0 Å². The zero-order chi connectivity index (χ0) is 15.0. The number of allylic oxidation sites excluding steroid dienone is 4. The van der Waals surface area contributed by atoms with E-state index in [-0.39, 0.29) is 5.91 Å². The van der Waals surface area contributed by atoms with Crippen molar-refractivity contribution in [2.24, 2.45) is 5.10 Å². The van der Waals surface area contributed by atoms with Crippen LogP contribution in [0.1, 0.15) is 49.8 Å². The van der Waals surface area contributed by atoms with Crippen LogP contribution in [0.5, 0.6) is 0 Å². The Morgan fingerprint density at radius 2 is 2.20 bits per heavy atom. The van der Waals surface area contributed by atoms with Gasteiger partial charge in [0.05, 0.1) is 0 Å². The Morgan fingerprint density at radius 3 is 2.80 bits per heavy atom. The second-order valence-electron chi connectivity index (χ2n) is 4.99.